The van der Waals surface area contributed by atoms with Crippen molar-refractivity contribution in [3.05, 3.63) is 81.8 Å². The molecule has 0 saturated heterocycles. The van der Waals surface area contributed by atoms with Gasteiger partial charge in [-0.15, -0.1) is 0 Å². The van der Waals surface area contributed by atoms with Crippen LogP contribution in [0.25, 0.3) is 10.9 Å². The van der Waals surface area contributed by atoms with Crippen molar-refractivity contribution < 1.29 is 4.74 Å². The molecule has 0 N–H and O–H groups in total. The van der Waals surface area contributed by atoms with Crippen LogP contribution in [0.4, 0.5) is 5.69 Å². The number of ether oxygens (including phenoxy) is 1. The van der Waals surface area contributed by atoms with Gasteiger partial charge >= 0.3 is 0 Å². The largest absolute Gasteiger partial charge is 0.465 e. The molecule has 1 aromatic carbocycles. The predicted octanol–water partition coefficient (Wildman–Crippen LogP) is 5.99. The molecular weight excluding hydrogens is 370 g/mol. The average molecular weight is 398 g/mol. The molecule has 3 aliphatic heterocycles. The predicted molar refractivity (Wildman–Crippen MR) is 121 cm³/mol. The van der Waals surface area contributed by atoms with Crippen molar-refractivity contribution in [1.29, 1.82) is 5.26 Å². The van der Waals surface area contributed by atoms with Gasteiger partial charge in [-0.3, -0.25) is 0 Å². The molecule has 0 bridgehead atoms. The third kappa shape index (κ3) is 3.44. The number of benzene rings is 1. The lowest BCUT2D eigenvalue weighted by Gasteiger charge is -2.48. The Morgan fingerprint density at radius 1 is 1.13 bits per heavy atom. The first-order valence-corrected chi connectivity index (χ1v) is 10.4. The number of anilines is 1. The van der Waals surface area contributed by atoms with Crippen LogP contribution in [-0.4, -0.2) is 13.1 Å². The van der Waals surface area contributed by atoms with Gasteiger partial charge < -0.3 is 9.64 Å². The molecule has 0 saturated carbocycles. The molecule has 0 unspecified atom stereocenters. The molecule has 0 spiro atoms. The van der Waals surface area contributed by atoms with Gasteiger partial charge in [0.25, 0.3) is 5.70 Å². The Bertz CT molecular complexity index is 1040. The summed E-state index contributed by atoms with van der Waals surface area (Å²) in [5.41, 5.74) is 6.40. The van der Waals surface area contributed by atoms with Gasteiger partial charge in [0.1, 0.15) is 5.76 Å². The van der Waals surface area contributed by atoms with E-state index in [2.05, 4.69) is 55.6 Å². The molecule has 152 valence electrons. The van der Waals surface area contributed by atoms with Crippen LogP contribution >= 0.6 is 0 Å². The summed E-state index contributed by atoms with van der Waals surface area (Å²) in [6.45, 7) is 18.8. The summed E-state index contributed by atoms with van der Waals surface area (Å²) in [5, 5.41) is 9.12. The van der Waals surface area contributed by atoms with E-state index in [-0.39, 0.29) is 16.5 Å². The van der Waals surface area contributed by atoms with Crippen molar-refractivity contribution in [2.24, 2.45) is 0 Å². The summed E-state index contributed by atoms with van der Waals surface area (Å²) in [4.78, 5) is 5.85. The highest BCUT2D eigenvalue weighted by Crippen LogP contribution is 2.49. The van der Waals surface area contributed by atoms with Gasteiger partial charge in [0.05, 0.1) is 18.9 Å². The van der Waals surface area contributed by atoms with Crippen molar-refractivity contribution in [3.8, 4) is 6.07 Å². The second-order valence-corrected chi connectivity index (χ2v) is 9.55. The van der Waals surface area contributed by atoms with Crippen LogP contribution in [-0.2, 0) is 15.6 Å². The fourth-order valence-corrected chi connectivity index (χ4v) is 4.55. The summed E-state index contributed by atoms with van der Waals surface area (Å²) in [6, 6.07) is 6.58. The van der Waals surface area contributed by atoms with Gasteiger partial charge in [-0.2, -0.15) is 0 Å². The minimum Gasteiger partial charge on any atom is -0.465 e. The first kappa shape index (κ1) is 20.0. The lowest BCUT2D eigenvalue weighted by molar-refractivity contribution is 0.364. The summed E-state index contributed by atoms with van der Waals surface area (Å²) in [7, 11) is 0. The van der Waals surface area contributed by atoms with Crippen LogP contribution in [0, 0.1) is 17.9 Å². The van der Waals surface area contributed by atoms with Gasteiger partial charge in [-0.1, -0.05) is 33.8 Å². The van der Waals surface area contributed by atoms with E-state index >= 15 is 0 Å². The van der Waals surface area contributed by atoms with E-state index in [1.807, 2.05) is 12.1 Å². The Kier molecular flexibility index (Phi) is 4.83. The molecule has 0 aromatic heterocycles. The second-order valence-electron chi connectivity index (χ2n) is 9.55. The maximum absolute atomic E-state index is 9.12. The number of hydrogen-bond donors (Lipinski definition) is 0. The Hall–Kier alpha value is -3.24. The van der Waals surface area contributed by atoms with Crippen LogP contribution in [0.2, 0.25) is 0 Å². The van der Waals surface area contributed by atoms with E-state index in [0.29, 0.717) is 11.3 Å². The molecule has 0 radical (unpaired) electrons. The molecule has 0 amide bonds. The Morgan fingerprint density at radius 3 is 2.33 bits per heavy atom. The SMILES string of the molecule is [C-]#[N+]C(C#N)=C1C=COC(C=Cc2cc3c4c(c2)C(C)(C)CCN4CCC3(C)C)=C1. The van der Waals surface area contributed by atoms with Crippen LogP contribution in [0.3, 0.4) is 0 Å². The maximum atomic E-state index is 9.12. The maximum Gasteiger partial charge on any atom is 0.269 e. The molecular formula is C26H27N3O. The standard InChI is InChI=1S/C26H27N3O/c1-25(2)9-11-29-12-10-26(3,4)22-15-18(14-21(25)24(22)29)6-7-20-16-19(8-13-30-20)23(17-27)28-5/h6-8,13-16H,9-12H2,1-4H3. The Balaban J connectivity index is 1.76. The van der Waals surface area contributed by atoms with E-state index in [9.17, 15) is 0 Å². The Labute approximate surface area is 179 Å². The third-order valence-corrected chi connectivity index (χ3v) is 6.60. The van der Waals surface area contributed by atoms with Crippen LogP contribution in [0.1, 0.15) is 57.2 Å². The zero-order valence-corrected chi connectivity index (χ0v) is 18.1. The van der Waals surface area contributed by atoms with Gasteiger partial charge in [0.2, 0.25) is 0 Å². The fourth-order valence-electron chi connectivity index (χ4n) is 4.55. The minimum absolute atomic E-state index is 0.0715. The Morgan fingerprint density at radius 2 is 1.77 bits per heavy atom. The quantitative estimate of drug-likeness (QED) is 0.454. The molecule has 0 atom stereocenters. The highest BCUT2D eigenvalue weighted by Gasteiger charge is 2.39. The van der Waals surface area contributed by atoms with Crippen LogP contribution < -0.4 is 4.90 Å². The van der Waals surface area contributed by atoms with E-state index in [1.54, 1.807) is 12.2 Å². The highest BCUT2D eigenvalue weighted by molar-refractivity contribution is 5.72. The zero-order valence-electron chi connectivity index (χ0n) is 18.1. The second kappa shape index (κ2) is 7.22. The fraction of sp³-hybridized carbons (Fsp3) is 0.385. The summed E-state index contributed by atoms with van der Waals surface area (Å²) >= 11 is 0. The number of hydrogen-bond acceptors (Lipinski definition) is 3. The minimum atomic E-state index is 0.0715. The summed E-state index contributed by atoms with van der Waals surface area (Å²) in [5.74, 6) is 0.621. The summed E-state index contributed by atoms with van der Waals surface area (Å²) in [6.07, 6.45) is 11.2. The monoisotopic (exact) mass is 397 g/mol. The van der Waals surface area contributed by atoms with Crippen molar-refractivity contribution in [1.82, 2.24) is 0 Å². The van der Waals surface area contributed by atoms with Crippen molar-refractivity contribution >= 4 is 11.8 Å². The molecule has 0 fully saturated rings. The van der Waals surface area contributed by atoms with Gasteiger partial charge in [-0.25, -0.2) is 10.1 Å². The number of allylic oxidation sites excluding steroid dienone is 5. The van der Waals surface area contributed by atoms with Gasteiger partial charge in [0.15, 0.2) is 0 Å². The number of rotatable bonds is 2. The molecule has 3 aliphatic rings. The topological polar surface area (TPSA) is 40.6 Å². The van der Waals surface area contributed by atoms with Crippen molar-refractivity contribution in [3.63, 3.8) is 0 Å². The smallest absolute Gasteiger partial charge is 0.269 e. The van der Waals surface area contributed by atoms with Gasteiger partial charge in [0, 0.05) is 18.8 Å². The number of nitrogens with zero attached hydrogens (tertiary/aromatic N) is 3. The van der Waals surface area contributed by atoms with Crippen molar-refractivity contribution in [2.75, 3.05) is 18.0 Å². The molecule has 4 rings (SSSR count). The van der Waals surface area contributed by atoms with Crippen LogP contribution in [0.5, 0.6) is 0 Å². The van der Waals surface area contributed by atoms with Gasteiger partial charge in [-0.05, 0) is 76.3 Å². The number of nitriles is 1. The van der Waals surface area contributed by atoms with Crippen LogP contribution in [0.15, 0.2) is 53.7 Å². The highest BCUT2D eigenvalue weighted by atomic mass is 16.5. The van der Waals surface area contributed by atoms with E-state index in [4.69, 9.17) is 16.6 Å². The molecule has 30 heavy (non-hydrogen) atoms. The molecule has 3 heterocycles. The third-order valence-electron chi connectivity index (χ3n) is 6.60. The lowest BCUT2D eigenvalue weighted by atomic mass is 9.69. The normalized spacial score (nSPS) is 22.5. The lowest BCUT2D eigenvalue weighted by Crippen LogP contribution is -2.44. The first-order chi connectivity index (χ1) is 14.2. The molecule has 4 nitrogen and oxygen atoms in total. The molecule has 1 aromatic rings. The van der Waals surface area contributed by atoms with E-state index in [1.165, 1.54) is 23.1 Å². The van der Waals surface area contributed by atoms with E-state index in [0.717, 1.165) is 31.5 Å². The molecule has 0 aliphatic carbocycles. The zero-order chi connectivity index (χ0) is 21.5. The average Bonchev–Trinajstić information content (AvgIpc) is 2.72. The molecule has 4 heteroatoms. The van der Waals surface area contributed by atoms with E-state index < -0.39 is 0 Å². The first-order valence-electron chi connectivity index (χ1n) is 10.4. The van der Waals surface area contributed by atoms with Crippen molar-refractivity contribution in [2.45, 2.75) is 51.4 Å². The summed E-state index contributed by atoms with van der Waals surface area (Å²) < 4.78 is 5.59.